The van der Waals surface area contributed by atoms with Gasteiger partial charge in [-0.2, -0.15) is 0 Å². The maximum absolute atomic E-state index is 10.7. The zero-order valence-electron chi connectivity index (χ0n) is 13.9. The highest BCUT2D eigenvalue weighted by Gasteiger charge is 2.68. The summed E-state index contributed by atoms with van der Waals surface area (Å²) in [7, 11) is 0. The first-order chi connectivity index (χ1) is 11.2. The lowest BCUT2D eigenvalue weighted by Gasteiger charge is -2.70. The third-order valence-electron chi connectivity index (χ3n) is 9.18. The van der Waals surface area contributed by atoms with Crippen LogP contribution in [0.2, 0.25) is 0 Å². The van der Waals surface area contributed by atoms with E-state index in [9.17, 15) is 10.2 Å². The fourth-order valence-electron chi connectivity index (χ4n) is 8.58. The highest BCUT2D eigenvalue weighted by molar-refractivity contribution is 5.15. The zero-order chi connectivity index (χ0) is 15.3. The van der Waals surface area contributed by atoms with Crippen LogP contribution in [0.4, 0.5) is 0 Å². The maximum atomic E-state index is 10.7. The van der Waals surface area contributed by atoms with E-state index in [-0.39, 0.29) is 12.0 Å². The van der Waals surface area contributed by atoms with E-state index in [0.717, 1.165) is 42.4 Å². The van der Waals surface area contributed by atoms with Gasteiger partial charge in [0.2, 0.25) is 0 Å². The molecule has 0 radical (unpaired) electrons. The van der Waals surface area contributed by atoms with Crippen LogP contribution in [0, 0.1) is 47.3 Å². The van der Waals surface area contributed by atoms with Crippen LogP contribution in [0.15, 0.2) is 0 Å². The first-order valence-corrected chi connectivity index (χ1v) is 10.3. The van der Waals surface area contributed by atoms with Crippen molar-refractivity contribution >= 4 is 0 Å². The molecular formula is C20H30O3. The lowest BCUT2D eigenvalue weighted by Crippen LogP contribution is -2.72. The minimum Gasteiger partial charge on any atom is -0.390 e. The van der Waals surface area contributed by atoms with Crippen molar-refractivity contribution < 1.29 is 14.9 Å². The quantitative estimate of drug-likeness (QED) is 0.722. The molecule has 0 aromatic carbocycles. The minimum absolute atomic E-state index is 0.220. The second-order valence-corrected chi connectivity index (χ2v) is 9.68. The van der Waals surface area contributed by atoms with E-state index in [2.05, 4.69) is 0 Å². The van der Waals surface area contributed by atoms with Gasteiger partial charge in [-0.3, -0.25) is 0 Å². The fraction of sp³-hybridized carbons (Fsp3) is 1.00. The Hall–Kier alpha value is -0.120. The minimum atomic E-state index is -0.539. The van der Waals surface area contributed by atoms with Gasteiger partial charge >= 0.3 is 0 Å². The van der Waals surface area contributed by atoms with Gasteiger partial charge in [0.25, 0.3) is 0 Å². The molecule has 2 N–H and O–H groups in total. The van der Waals surface area contributed by atoms with Gasteiger partial charge in [-0.25, -0.2) is 0 Å². The Labute approximate surface area is 138 Å². The number of aliphatic hydroxyl groups is 2. The van der Waals surface area contributed by atoms with Crippen LogP contribution in [0.5, 0.6) is 0 Å². The molecule has 6 fully saturated rings. The van der Waals surface area contributed by atoms with Crippen LogP contribution >= 0.6 is 0 Å². The number of ether oxygens (including phenoxy) is 1. The molecule has 6 rings (SSSR count). The van der Waals surface area contributed by atoms with Gasteiger partial charge < -0.3 is 14.9 Å². The lowest BCUT2D eigenvalue weighted by molar-refractivity contribution is -0.333. The second kappa shape index (κ2) is 4.74. The van der Waals surface area contributed by atoms with Gasteiger partial charge in [0.1, 0.15) is 0 Å². The van der Waals surface area contributed by atoms with Crippen molar-refractivity contribution in [2.75, 3.05) is 0 Å². The Morgan fingerprint density at radius 3 is 2.39 bits per heavy atom. The Bertz CT molecular complexity index is 507. The van der Waals surface area contributed by atoms with E-state index in [1.165, 1.54) is 38.5 Å². The summed E-state index contributed by atoms with van der Waals surface area (Å²) in [6, 6.07) is 0. The fourth-order valence-corrected chi connectivity index (χ4v) is 8.58. The standard InChI is InChI=1S/C20H30O3/c21-13-7-6-12-11-5-4-9-2-1-3-10-8-14-18(16(11)15(9)10)20(23-14)17(12)19(13)22/h9-22H,1-8H2/t9?,10?,11?,12?,13-,14?,15?,16?,17?,18?,19-,20?/m0/s1. The molecule has 3 nitrogen and oxygen atoms in total. The summed E-state index contributed by atoms with van der Waals surface area (Å²) < 4.78 is 6.39. The molecule has 3 heteroatoms. The van der Waals surface area contributed by atoms with Crippen molar-refractivity contribution in [2.45, 2.75) is 75.8 Å². The number of hydrogen-bond donors (Lipinski definition) is 2. The summed E-state index contributed by atoms with van der Waals surface area (Å²) in [6.45, 7) is 0. The molecule has 1 aliphatic heterocycles. The highest BCUT2D eigenvalue weighted by atomic mass is 16.5. The summed E-state index contributed by atoms with van der Waals surface area (Å²) in [5.74, 6) is 6.15. The molecule has 0 amide bonds. The molecule has 5 aliphatic carbocycles. The maximum Gasteiger partial charge on any atom is 0.0854 e. The van der Waals surface area contributed by atoms with E-state index in [0.29, 0.717) is 17.9 Å². The van der Waals surface area contributed by atoms with E-state index in [4.69, 9.17) is 4.74 Å². The molecule has 6 aliphatic rings. The average molecular weight is 318 g/mol. The SMILES string of the molecule is O[C@@H]1C2C(CC[C@@H]1O)C1CCC3CCCC4CC5OC2C5C1C34. The molecule has 1 saturated heterocycles. The molecule has 12 atom stereocenters. The molecule has 0 bridgehead atoms. The number of hydrogen-bond acceptors (Lipinski definition) is 3. The smallest absolute Gasteiger partial charge is 0.0854 e. The van der Waals surface area contributed by atoms with Crippen LogP contribution in [-0.4, -0.2) is 34.6 Å². The van der Waals surface area contributed by atoms with Crippen LogP contribution in [-0.2, 0) is 4.74 Å². The summed E-state index contributed by atoms with van der Waals surface area (Å²) in [5, 5.41) is 20.9. The van der Waals surface area contributed by atoms with Gasteiger partial charge in [-0.15, -0.1) is 0 Å². The molecule has 10 unspecified atom stereocenters. The van der Waals surface area contributed by atoms with Crippen molar-refractivity contribution in [1.82, 2.24) is 0 Å². The van der Waals surface area contributed by atoms with E-state index in [1.54, 1.807) is 0 Å². The molecule has 0 spiro atoms. The van der Waals surface area contributed by atoms with Gasteiger partial charge in [0.15, 0.2) is 0 Å². The van der Waals surface area contributed by atoms with Crippen LogP contribution in [0.3, 0.4) is 0 Å². The molecule has 0 aromatic heterocycles. The third kappa shape index (κ3) is 1.67. The van der Waals surface area contributed by atoms with Crippen molar-refractivity contribution in [3.05, 3.63) is 0 Å². The summed E-state index contributed by atoms with van der Waals surface area (Å²) >= 11 is 0. The number of fused-ring (bicyclic) bond motifs is 3. The van der Waals surface area contributed by atoms with Gasteiger partial charge in [-0.05, 0) is 67.6 Å². The first-order valence-electron chi connectivity index (χ1n) is 10.3. The normalized spacial score (nSPS) is 66.0. The highest BCUT2D eigenvalue weighted by Crippen LogP contribution is 2.67. The van der Waals surface area contributed by atoms with Crippen molar-refractivity contribution in [3.63, 3.8) is 0 Å². The Morgan fingerprint density at radius 2 is 1.48 bits per heavy atom. The van der Waals surface area contributed by atoms with Crippen molar-refractivity contribution in [2.24, 2.45) is 47.3 Å². The van der Waals surface area contributed by atoms with Gasteiger partial charge in [0.05, 0.1) is 24.4 Å². The number of aliphatic hydroxyl groups excluding tert-OH is 2. The summed E-state index contributed by atoms with van der Waals surface area (Å²) in [4.78, 5) is 0. The average Bonchev–Trinajstić information content (AvgIpc) is 2.54. The lowest BCUT2D eigenvalue weighted by atomic mass is 9.41. The molecule has 23 heavy (non-hydrogen) atoms. The van der Waals surface area contributed by atoms with Crippen molar-refractivity contribution in [3.8, 4) is 0 Å². The van der Waals surface area contributed by atoms with E-state index < -0.39 is 12.2 Å². The zero-order valence-corrected chi connectivity index (χ0v) is 13.9. The van der Waals surface area contributed by atoms with E-state index >= 15 is 0 Å². The predicted octanol–water partition coefficient (Wildman–Crippen LogP) is 2.59. The second-order valence-electron chi connectivity index (χ2n) is 9.68. The Balaban J connectivity index is 1.41. The monoisotopic (exact) mass is 318 g/mol. The number of rotatable bonds is 0. The summed E-state index contributed by atoms with van der Waals surface area (Å²) in [5.41, 5.74) is 0. The molecular weight excluding hydrogens is 288 g/mol. The largest absolute Gasteiger partial charge is 0.390 e. The van der Waals surface area contributed by atoms with Crippen molar-refractivity contribution in [1.29, 1.82) is 0 Å². The third-order valence-corrected chi connectivity index (χ3v) is 9.18. The predicted molar refractivity (Wildman–Crippen MR) is 85.5 cm³/mol. The van der Waals surface area contributed by atoms with Crippen LogP contribution in [0.1, 0.15) is 51.4 Å². The molecule has 0 aromatic rings. The van der Waals surface area contributed by atoms with Crippen LogP contribution < -0.4 is 0 Å². The first kappa shape index (κ1) is 14.1. The molecule has 1 heterocycles. The molecule has 128 valence electrons. The Morgan fingerprint density at radius 1 is 0.696 bits per heavy atom. The van der Waals surface area contributed by atoms with Gasteiger partial charge in [-0.1, -0.05) is 19.3 Å². The van der Waals surface area contributed by atoms with Crippen LogP contribution in [0.25, 0.3) is 0 Å². The summed E-state index contributed by atoms with van der Waals surface area (Å²) in [6.07, 6.45) is 10.1. The van der Waals surface area contributed by atoms with E-state index in [1.807, 2.05) is 0 Å². The Kier molecular flexibility index (Phi) is 2.90. The topological polar surface area (TPSA) is 49.7 Å². The van der Waals surface area contributed by atoms with Gasteiger partial charge in [0, 0.05) is 11.8 Å². The molecule has 5 saturated carbocycles.